The summed E-state index contributed by atoms with van der Waals surface area (Å²) in [6, 6.07) is 17.4. The van der Waals surface area contributed by atoms with Crippen LogP contribution < -0.4 is 19.8 Å². The van der Waals surface area contributed by atoms with Crippen LogP contribution in [0.5, 0.6) is 17.2 Å². The van der Waals surface area contributed by atoms with Gasteiger partial charge in [-0.25, -0.2) is 0 Å². The number of H-pyrrole nitrogens is 1. The Labute approximate surface area is 224 Å². The Morgan fingerprint density at radius 3 is 2.26 bits per heavy atom. The van der Waals surface area contributed by atoms with Crippen LogP contribution in [0.3, 0.4) is 0 Å². The van der Waals surface area contributed by atoms with Crippen LogP contribution in [0, 0.1) is 0 Å². The van der Waals surface area contributed by atoms with Crippen molar-refractivity contribution in [2.75, 3.05) is 21.3 Å². The van der Waals surface area contributed by atoms with Gasteiger partial charge >= 0.3 is 0 Å². The minimum Gasteiger partial charge on any atom is -0.497 e. The summed E-state index contributed by atoms with van der Waals surface area (Å²) >= 11 is 0. The molecule has 1 aliphatic heterocycles. The quantitative estimate of drug-likeness (QED) is 0.438. The Hall–Kier alpha value is -4.00. The SMILES string of the molecule is COc1ccc(CN2C(=O)CC[C@@H]2C=C(c2ccc(C(C)(C)C)cc2)c2ccc(OC)c(=O)[nH]2)c(OC)c1. The summed E-state index contributed by atoms with van der Waals surface area (Å²) in [5.74, 6) is 1.69. The summed E-state index contributed by atoms with van der Waals surface area (Å²) in [5, 5.41) is 0. The lowest BCUT2D eigenvalue weighted by Gasteiger charge is -2.25. The highest BCUT2D eigenvalue weighted by molar-refractivity contribution is 5.82. The van der Waals surface area contributed by atoms with Crippen LogP contribution in [-0.2, 0) is 16.8 Å². The van der Waals surface area contributed by atoms with Crippen molar-refractivity contribution in [1.29, 1.82) is 0 Å². The van der Waals surface area contributed by atoms with Crippen molar-refractivity contribution in [1.82, 2.24) is 9.88 Å². The molecule has 1 atom stereocenters. The van der Waals surface area contributed by atoms with E-state index in [1.165, 1.54) is 12.7 Å². The summed E-state index contributed by atoms with van der Waals surface area (Å²) in [4.78, 5) is 30.5. The maximum absolute atomic E-state index is 13.0. The number of pyridine rings is 1. The van der Waals surface area contributed by atoms with E-state index in [9.17, 15) is 9.59 Å². The molecule has 38 heavy (non-hydrogen) atoms. The van der Waals surface area contributed by atoms with Gasteiger partial charge in [-0.1, -0.05) is 51.1 Å². The van der Waals surface area contributed by atoms with E-state index in [1.807, 2.05) is 29.2 Å². The number of aromatic nitrogens is 1. The molecule has 0 saturated carbocycles. The summed E-state index contributed by atoms with van der Waals surface area (Å²) in [6.07, 6.45) is 3.22. The van der Waals surface area contributed by atoms with Crippen LogP contribution in [0.2, 0.25) is 0 Å². The third-order valence-electron chi connectivity index (χ3n) is 7.01. The number of carbonyl (C=O) groups is 1. The Balaban J connectivity index is 1.76. The number of hydrogen-bond acceptors (Lipinski definition) is 5. The lowest BCUT2D eigenvalue weighted by molar-refractivity contribution is -0.129. The van der Waals surface area contributed by atoms with Gasteiger partial charge in [-0.15, -0.1) is 0 Å². The molecule has 1 fully saturated rings. The van der Waals surface area contributed by atoms with E-state index in [0.717, 1.165) is 16.7 Å². The van der Waals surface area contributed by atoms with Crippen LogP contribution in [0.25, 0.3) is 5.57 Å². The lowest BCUT2D eigenvalue weighted by Crippen LogP contribution is -2.31. The van der Waals surface area contributed by atoms with Crippen LogP contribution in [0.15, 0.2) is 65.5 Å². The normalized spacial score (nSPS) is 16.1. The minimum atomic E-state index is -0.301. The average Bonchev–Trinajstić information content (AvgIpc) is 3.25. The molecule has 1 saturated heterocycles. The predicted molar refractivity (Wildman–Crippen MR) is 149 cm³/mol. The number of amides is 1. The van der Waals surface area contributed by atoms with Crippen LogP contribution in [0.4, 0.5) is 0 Å². The van der Waals surface area contributed by atoms with Crippen molar-refractivity contribution in [2.24, 2.45) is 0 Å². The predicted octanol–water partition coefficient (Wildman–Crippen LogP) is 5.32. The van der Waals surface area contributed by atoms with Gasteiger partial charge < -0.3 is 24.1 Å². The number of methoxy groups -OCH3 is 3. The monoisotopic (exact) mass is 516 g/mol. The number of aromatic amines is 1. The smallest absolute Gasteiger partial charge is 0.290 e. The molecular formula is C31H36N2O5. The molecule has 0 radical (unpaired) electrons. The zero-order valence-corrected chi connectivity index (χ0v) is 23.0. The van der Waals surface area contributed by atoms with Crippen molar-refractivity contribution in [3.63, 3.8) is 0 Å². The maximum Gasteiger partial charge on any atom is 0.290 e. The first kappa shape index (κ1) is 27.0. The number of likely N-dealkylation sites (tertiary alicyclic amines) is 1. The Kier molecular flexibility index (Phi) is 7.95. The van der Waals surface area contributed by atoms with E-state index in [4.69, 9.17) is 14.2 Å². The van der Waals surface area contributed by atoms with E-state index in [1.54, 1.807) is 20.3 Å². The number of rotatable bonds is 8. The van der Waals surface area contributed by atoms with E-state index >= 15 is 0 Å². The zero-order valence-electron chi connectivity index (χ0n) is 23.0. The second kappa shape index (κ2) is 11.2. The van der Waals surface area contributed by atoms with Crippen molar-refractivity contribution >= 4 is 11.5 Å². The molecule has 4 rings (SSSR count). The van der Waals surface area contributed by atoms with Gasteiger partial charge in [-0.2, -0.15) is 0 Å². The fourth-order valence-electron chi connectivity index (χ4n) is 4.76. The highest BCUT2D eigenvalue weighted by Crippen LogP contribution is 2.33. The summed E-state index contributed by atoms with van der Waals surface area (Å²) in [5.41, 5.74) is 4.31. The molecule has 7 heteroatoms. The van der Waals surface area contributed by atoms with E-state index < -0.39 is 0 Å². The van der Waals surface area contributed by atoms with Gasteiger partial charge in [0.05, 0.1) is 27.4 Å². The number of nitrogens with one attached hydrogen (secondary N) is 1. The topological polar surface area (TPSA) is 80.9 Å². The van der Waals surface area contributed by atoms with Crippen molar-refractivity contribution < 1.29 is 19.0 Å². The van der Waals surface area contributed by atoms with E-state index in [0.29, 0.717) is 36.6 Å². The molecule has 200 valence electrons. The number of hydrogen-bond donors (Lipinski definition) is 1. The Morgan fingerprint density at radius 1 is 0.947 bits per heavy atom. The summed E-state index contributed by atoms with van der Waals surface area (Å²) in [7, 11) is 4.70. The fourth-order valence-corrected chi connectivity index (χ4v) is 4.76. The van der Waals surface area contributed by atoms with Gasteiger partial charge in [0.25, 0.3) is 5.56 Å². The van der Waals surface area contributed by atoms with E-state index in [2.05, 4.69) is 56.1 Å². The zero-order chi connectivity index (χ0) is 27.4. The third-order valence-corrected chi connectivity index (χ3v) is 7.01. The minimum absolute atomic E-state index is 0.0168. The molecule has 3 aromatic rings. The summed E-state index contributed by atoms with van der Waals surface area (Å²) < 4.78 is 16.1. The third kappa shape index (κ3) is 5.77. The molecule has 2 heterocycles. The Bertz CT molecular complexity index is 1380. The maximum atomic E-state index is 13.0. The van der Waals surface area contributed by atoms with Crippen molar-refractivity contribution in [3.05, 3.63) is 93.4 Å². The first-order valence-electron chi connectivity index (χ1n) is 12.8. The molecule has 1 aliphatic rings. The number of ether oxygens (including phenoxy) is 3. The summed E-state index contributed by atoms with van der Waals surface area (Å²) in [6.45, 7) is 6.93. The molecule has 0 aliphatic carbocycles. The Morgan fingerprint density at radius 2 is 1.66 bits per heavy atom. The molecule has 1 aromatic heterocycles. The number of nitrogens with zero attached hydrogens (tertiary/aromatic N) is 1. The molecular weight excluding hydrogens is 480 g/mol. The molecule has 2 aromatic carbocycles. The number of benzene rings is 2. The molecule has 7 nitrogen and oxygen atoms in total. The molecule has 0 bridgehead atoms. The molecule has 1 N–H and O–H groups in total. The van der Waals surface area contributed by atoms with Gasteiger partial charge in [-0.05, 0) is 47.2 Å². The van der Waals surface area contributed by atoms with Crippen molar-refractivity contribution in [3.8, 4) is 17.2 Å². The highest BCUT2D eigenvalue weighted by atomic mass is 16.5. The van der Waals surface area contributed by atoms with Crippen LogP contribution in [0.1, 0.15) is 56.0 Å². The van der Waals surface area contributed by atoms with Crippen LogP contribution >= 0.6 is 0 Å². The fraction of sp³-hybridized carbons (Fsp3) is 0.355. The van der Waals surface area contributed by atoms with Gasteiger partial charge in [0.1, 0.15) is 11.5 Å². The van der Waals surface area contributed by atoms with Gasteiger partial charge in [0, 0.05) is 35.9 Å². The molecule has 1 amide bonds. The van der Waals surface area contributed by atoms with Crippen molar-refractivity contribution in [2.45, 2.75) is 51.6 Å². The number of carbonyl (C=O) groups excluding carboxylic acids is 1. The van der Waals surface area contributed by atoms with Gasteiger partial charge in [0.2, 0.25) is 5.91 Å². The first-order valence-corrected chi connectivity index (χ1v) is 12.8. The van der Waals surface area contributed by atoms with Gasteiger partial charge in [0.15, 0.2) is 5.75 Å². The largest absolute Gasteiger partial charge is 0.497 e. The van der Waals surface area contributed by atoms with E-state index in [-0.39, 0.29) is 28.7 Å². The average molecular weight is 517 g/mol. The second-order valence-corrected chi connectivity index (χ2v) is 10.5. The standard InChI is InChI=1S/C31H36N2O5/c1-31(2,3)22-10-7-20(8-11-22)25(26-14-15-27(37-5)30(35)32-26)17-23-12-16-29(34)33(23)19-21-9-13-24(36-4)18-28(21)38-6/h7-11,13-15,17-18,23H,12,16,19H2,1-6H3,(H,32,35)/t23-/m1/s1. The molecule has 0 unspecified atom stereocenters. The second-order valence-electron chi connectivity index (χ2n) is 10.5. The van der Waals surface area contributed by atoms with Crippen LogP contribution in [-0.4, -0.2) is 43.2 Å². The molecule has 0 spiro atoms. The highest BCUT2D eigenvalue weighted by Gasteiger charge is 2.31. The first-order chi connectivity index (χ1) is 18.1. The van der Waals surface area contributed by atoms with Gasteiger partial charge in [-0.3, -0.25) is 9.59 Å². The lowest BCUT2D eigenvalue weighted by atomic mass is 9.86.